The van der Waals surface area contributed by atoms with E-state index in [1.807, 2.05) is 19.9 Å². The summed E-state index contributed by atoms with van der Waals surface area (Å²) in [5.41, 5.74) is 0.666. The van der Waals surface area contributed by atoms with Gasteiger partial charge < -0.3 is 14.7 Å². The Labute approximate surface area is 94.4 Å². The molecule has 4 heteroatoms. The Morgan fingerprint density at radius 1 is 1.44 bits per heavy atom. The quantitative estimate of drug-likeness (QED) is 0.833. The third kappa shape index (κ3) is 1.83. The number of nitrogens with zero attached hydrogens (tertiary/aromatic N) is 1. The van der Waals surface area contributed by atoms with Crippen LogP contribution in [0.4, 0.5) is 4.79 Å². The highest BCUT2D eigenvalue weighted by atomic mass is 16.6. The number of rotatable bonds is 2. The van der Waals surface area contributed by atoms with Crippen molar-refractivity contribution in [2.24, 2.45) is 0 Å². The van der Waals surface area contributed by atoms with Crippen LogP contribution in [0.25, 0.3) is 0 Å². The van der Waals surface area contributed by atoms with Gasteiger partial charge in [-0.05, 0) is 19.9 Å². The number of aromatic hydroxyl groups is 1. The molecule has 1 fully saturated rings. The van der Waals surface area contributed by atoms with Gasteiger partial charge in [0.2, 0.25) is 0 Å². The van der Waals surface area contributed by atoms with Crippen LogP contribution in [0.3, 0.4) is 0 Å². The van der Waals surface area contributed by atoms with Gasteiger partial charge in [-0.2, -0.15) is 0 Å². The zero-order valence-electron chi connectivity index (χ0n) is 9.38. The normalized spacial score (nSPS) is 20.3. The van der Waals surface area contributed by atoms with Crippen LogP contribution in [0.2, 0.25) is 0 Å². The van der Waals surface area contributed by atoms with Gasteiger partial charge in [-0.3, -0.25) is 0 Å². The number of amides is 1. The fourth-order valence-corrected chi connectivity index (χ4v) is 1.82. The molecule has 0 saturated carbocycles. The van der Waals surface area contributed by atoms with Crippen LogP contribution < -0.4 is 0 Å². The number of cyclic esters (lactones) is 1. The summed E-state index contributed by atoms with van der Waals surface area (Å²) in [5, 5.41) is 9.67. The Morgan fingerprint density at radius 2 is 2.12 bits per heavy atom. The summed E-state index contributed by atoms with van der Waals surface area (Å²) in [6.07, 6.45) is -0.681. The largest absolute Gasteiger partial charge is 0.508 e. The molecule has 1 saturated heterocycles. The second-order valence-corrected chi connectivity index (χ2v) is 4.18. The topological polar surface area (TPSA) is 49.8 Å². The lowest BCUT2D eigenvalue weighted by Gasteiger charge is -2.16. The lowest BCUT2D eigenvalue weighted by molar-refractivity contribution is 0.129. The van der Waals surface area contributed by atoms with Gasteiger partial charge in [0.25, 0.3) is 0 Å². The average Bonchev–Trinajstić information content (AvgIpc) is 2.61. The number of phenolic OH excluding ortho intramolecular Hbond substituents is 1. The fraction of sp³-hybridized carbons (Fsp3) is 0.417. The molecule has 1 atom stereocenters. The first-order valence-electron chi connectivity index (χ1n) is 5.34. The van der Waals surface area contributed by atoms with Gasteiger partial charge in [0.15, 0.2) is 0 Å². The lowest BCUT2D eigenvalue weighted by Crippen LogP contribution is -2.31. The van der Waals surface area contributed by atoms with E-state index in [4.69, 9.17) is 4.74 Å². The first-order valence-corrected chi connectivity index (χ1v) is 5.34. The zero-order valence-corrected chi connectivity index (χ0v) is 9.38. The summed E-state index contributed by atoms with van der Waals surface area (Å²) in [7, 11) is 0. The summed E-state index contributed by atoms with van der Waals surface area (Å²) in [4.78, 5) is 13.2. The molecule has 86 valence electrons. The molecule has 4 nitrogen and oxygen atoms in total. The number of benzene rings is 1. The smallest absolute Gasteiger partial charge is 0.410 e. The van der Waals surface area contributed by atoms with Crippen LogP contribution in [0.15, 0.2) is 24.3 Å². The summed E-state index contributed by atoms with van der Waals surface area (Å²) < 4.78 is 5.23. The standard InChI is InChI=1S/C12H15NO3/c1-8(2)13-7-11(16-12(13)15)9-5-3-4-6-10(9)14/h3-6,8,11,14H,7H2,1-2H3. The minimum Gasteiger partial charge on any atom is -0.508 e. The molecule has 1 amide bonds. The van der Waals surface area contributed by atoms with Crippen LogP contribution in [0, 0.1) is 0 Å². The van der Waals surface area contributed by atoms with Crippen molar-refractivity contribution in [2.45, 2.75) is 26.0 Å². The Morgan fingerprint density at radius 3 is 2.69 bits per heavy atom. The van der Waals surface area contributed by atoms with Crippen molar-refractivity contribution in [3.63, 3.8) is 0 Å². The Bertz CT molecular complexity index is 403. The van der Waals surface area contributed by atoms with E-state index >= 15 is 0 Å². The van der Waals surface area contributed by atoms with Crippen molar-refractivity contribution in [2.75, 3.05) is 6.54 Å². The van der Waals surface area contributed by atoms with Crippen molar-refractivity contribution >= 4 is 6.09 Å². The minimum atomic E-state index is -0.365. The van der Waals surface area contributed by atoms with E-state index in [2.05, 4.69) is 0 Å². The molecule has 0 aromatic heterocycles. The van der Waals surface area contributed by atoms with Crippen LogP contribution in [-0.2, 0) is 4.74 Å². The second kappa shape index (κ2) is 4.04. The minimum absolute atomic E-state index is 0.114. The van der Waals surface area contributed by atoms with Gasteiger partial charge >= 0.3 is 6.09 Å². The average molecular weight is 221 g/mol. The summed E-state index contributed by atoms with van der Waals surface area (Å²) in [6, 6.07) is 7.05. The van der Waals surface area contributed by atoms with E-state index in [-0.39, 0.29) is 24.0 Å². The van der Waals surface area contributed by atoms with Gasteiger partial charge in [0, 0.05) is 11.6 Å². The first-order chi connectivity index (χ1) is 7.59. The van der Waals surface area contributed by atoms with E-state index < -0.39 is 0 Å². The van der Waals surface area contributed by atoms with Crippen LogP contribution in [0.5, 0.6) is 5.75 Å². The Hall–Kier alpha value is -1.71. The van der Waals surface area contributed by atoms with Crippen LogP contribution in [0.1, 0.15) is 25.5 Å². The van der Waals surface area contributed by atoms with E-state index in [1.54, 1.807) is 23.1 Å². The molecule has 16 heavy (non-hydrogen) atoms. The van der Waals surface area contributed by atoms with E-state index in [0.717, 1.165) is 0 Å². The van der Waals surface area contributed by atoms with Gasteiger partial charge in [0.1, 0.15) is 11.9 Å². The summed E-state index contributed by atoms with van der Waals surface area (Å²) >= 11 is 0. The molecule has 1 aliphatic rings. The molecule has 2 rings (SSSR count). The molecule has 1 heterocycles. The van der Waals surface area contributed by atoms with Gasteiger partial charge in [0.05, 0.1) is 6.54 Å². The van der Waals surface area contributed by atoms with Crippen LogP contribution in [-0.4, -0.2) is 28.7 Å². The Balaban J connectivity index is 2.20. The highest BCUT2D eigenvalue weighted by Gasteiger charge is 2.34. The van der Waals surface area contributed by atoms with Crippen molar-refractivity contribution in [1.82, 2.24) is 4.90 Å². The van der Waals surface area contributed by atoms with Crippen molar-refractivity contribution in [1.29, 1.82) is 0 Å². The van der Waals surface area contributed by atoms with Crippen molar-refractivity contribution < 1.29 is 14.6 Å². The first kappa shape index (κ1) is 10.8. The Kier molecular flexibility index (Phi) is 2.73. The number of ether oxygens (including phenoxy) is 1. The number of carbonyl (C=O) groups excluding carboxylic acids is 1. The third-order valence-electron chi connectivity index (χ3n) is 2.75. The lowest BCUT2D eigenvalue weighted by atomic mass is 10.1. The monoisotopic (exact) mass is 221 g/mol. The molecule has 0 spiro atoms. The zero-order chi connectivity index (χ0) is 11.7. The molecule has 1 aromatic rings. The molecule has 0 bridgehead atoms. The molecular formula is C12H15NO3. The van der Waals surface area contributed by atoms with Crippen molar-refractivity contribution in [3.05, 3.63) is 29.8 Å². The van der Waals surface area contributed by atoms with Crippen molar-refractivity contribution in [3.8, 4) is 5.75 Å². The summed E-state index contributed by atoms with van der Waals surface area (Å²) in [5.74, 6) is 0.172. The number of hydrogen-bond donors (Lipinski definition) is 1. The third-order valence-corrected chi connectivity index (χ3v) is 2.75. The van der Waals surface area contributed by atoms with E-state index in [0.29, 0.717) is 12.1 Å². The highest BCUT2D eigenvalue weighted by Crippen LogP contribution is 2.32. The molecule has 1 aliphatic heterocycles. The maximum atomic E-state index is 11.5. The molecular weight excluding hydrogens is 206 g/mol. The number of phenols is 1. The summed E-state index contributed by atoms with van der Waals surface area (Å²) in [6.45, 7) is 4.37. The van der Waals surface area contributed by atoms with Gasteiger partial charge in [-0.1, -0.05) is 18.2 Å². The number of carbonyl (C=O) groups is 1. The van der Waals surface area contributed by atoms with E-state index in [9.17, 15) is 9.90 Å². The maximum absolute atomic E-state index is 11.5. The van der Waals surface area contributed by atoms with Crippen LogP contribution >= 0.6 is 0 Å². The number of para-hydroxylation sites is 1. The second-order valence-electron chi connectivity index (χ2n) is 4.18. The molecule has 1 aromatic carbocycles. The van der Waals surface area contributed by atoms with E-state index in [1.165, 1.54) is 0 Å². The number of hydrogen-bond acceptors (Lipinski definition) is 3. The predicted octanol–water partition coefficient (Wildman–Crippen LogP) is 2.29. The molecule has 1 N–H and O–H groups in total. The highest BCUT2D eigenvalue weighted by molar-refractivity contribution is 5.70. The van der Waals surface area contributed by atoms with Gasteiger partial charge in [-0.15, -0.1) is 0 Å². The SMILES string of the molecule is CC(C)N1CC(c2ccccc2O)OC1=O. The molecule has 0 radical (unpaired) electrons. The maximum Gasteiger partial charge on any atom is 0.410 e. The fourth-order valence-electron chi connectivity index (χ4n) is 1.82. The molecule has 0 aliphatic carbocycles. The van der Waals surface area contributed by atoms with Gasteiger partial charge in [-0.25, -0.2) is 4.79 Å². The molecule has 1 unspecified atom stereocenters. The predicted molar refractivity (Wildman–Crippen MR) is 59.2 cm³/mol.